The van der Waals surface area contributed by atoms with Gasteiger partial charge in [-0.1, -0.05) is 51.5 Å². The summed E-state index contributed by atoms with van der Waals surface area (Å²) < 4.78 is 0. The zero-order valence-electron chi connectivity index (χ0n) is 15.0. The van der Waals surface area contributed by atoms with Crippen molar-refractivity contribution in [2.24, 2.45) is 28.6 Å². The summed E-state index contributed by atoms with van der Waals surface area (Å²) in [5, 5.41) is 9.86. The van der Waals surface area contributed by atoms with Crippen LogP contribution in [-0.4, -0.2) is 23.8 Å². The largest absolute Gasteiger partial charge is 0.365 e. The summed E-state index contributed by atoms with van der Waals surface area (Å²) in [7, 11) is 0. The van der Waals surface area contributed by atoms with Crippen LogP contribution in [0.5, 0.6) is 0 Å². The van der Waals surface area contributed by atoms with Gasteiger partial charge in [-0.2, -0.15) is 0 Å². The third-order valence-corrected chi connectivity index (χ3v) is 6.78. The maximum Gasteiger partial charge on any atom is 0.201 e. The van der Waals surface area contributed by atoms with E-state index in [-0.39, 0.29) is 17.4 Å². The third-order valence-electron chi connectivity index (χ3n) is 6.78. The lowest BCUT2D eigenvalue weighted by atomic mass is 9.47. The van der Waals surface area contributed by atoms with Crippen LogP contribution in [-0.2, 0) is 14.6 Å². The topological polar surface area (TPSA) is 55.8 Å². The van der Waals surface area contributed by atoms with Gasteiger partial charge in [0.2, 0.25) is 6.29 Å². The van der Waals surface area contributed by atoms with Gasteiger partial charge in [0, 0.05) is 5.92 Å². The molecule has 1 N–H and O–H groups in total. The highest BCUT2D eigenvalue weighted by atomic mass is 17.2. The standard InChI is InChI=1S/C20H30O4/c1-13-6-9-16-19(2,3)10-5-11-20(16,4)17(13)15-8-7-14(12-21)18(22)24-23-15/h7-8,12,14-18,22H,1,5-6,9-11H2,2-4H3. The molecule has 6 atom stereocenters. The molecule has 2 aliphatic carbocycles. The van der Waals surface area contributed by atoms with Gasteiger partial charge in [-0.3, -0.25) is 0 Å². The fourth-order valence-corrected chi connectivity index (χ4v) is 5.65. The third kappa shape index (κ3) is 2.89. The van der Waals surface area contributed by atoms with E-state index < -0.39 is 12.2 Å². The first-order valence-electron chi connectivity index (χ1n) is 9.11. The smallest absolute Gasteiger partial charge is 0.201 e. The molecule has 6 unspecified atom stereocenters. The lowest BCUT2D eigenvalue weighted by molar-refractivity contribution is -0.394. The van der Waals surface area contributed by atoms with Gasteiger partial charge in [0.25, 0.3) is 0 Å². The summed E-state index contributed by atoms with van der Waals surface area (Å²) in [6.07, 6.45) is 8.54. The Balaban J connectivity index is 1.93. The predicted molar refractivity (Wildman–Crippen MR) is 91.8 cm³/mol. The van der Waals surface area contributed by atoms with Crippen LogP contribution in [0.3, 0.4) is 0 Å². The van der Waals surface area contributed by atoms with Gasteiger partial charge in [-0.25, -0.2) is 9.78 Å². The van der Waals surface area contributed by atoms with Gasteiger partial charge in [-0.15, -0.1) is 0 Å². The van der Waals surface area contributed by atoms with Crippen LogP contribution >= 0.6 is 0 Å². The average molecular weight is 334 g/mol. The monoisotopic (exact) mass is 334 g/mol. The molecule has 24 heavy (non-hydrogen) atoms. The van der Waals surface area contributed by atoms with Gasteiger partial charge in [0.15, 0.2) is 0 Å². The highest BCUT2D eigenvalue weighted by Crippen LogP contribution is 2.62. The molecule has 0 aromatic heterocycles. The normalized spacial score (nSPS) is 45.3. The molecule has 3 aliphatic rings. The summed E-state index contributed by atoms with van der Waals surface area (Å²) in [5.41, 5.74) is 1.61. The molecule has 2 fully saturated rings. The molecule has 1 heterocycles. The summed E-state index contributed by atoms with van der Waals surface area (Å²) in [6.45, 7) is 11.5. The molecule has 0 aromatic carbocycles. The van der Waals surface area contributed by atoms with Gasteiger partial charge in [0.05, 0.1) is 5.92 Å². The van der Waals surface area contributed by atoms with E-state index in [0.29, 0.717) is 17.6 Å². The molecule has 0 bridgehead atoms. The van der Waals surface area contributed by atoms with Crippen molar-refractivity contribution < 1.29 is 19.7 Å². The Morgan fingerprint density at radius 3 is 2.71 bits per heavy atom. The number of aliphatic hydroxyl groups excluding tert-OH is 1. The number of aldehydes is 1. The quantitative estimate of drug-likeness (QED) is 0.474. The first-order chi connectivity index (χ1) is 11.3. The molecule has 0 radical (unpaired) electrons. The Labute approximate surface area is 144 Å². The second kappa shape index (κ2) is 6.40. The van der Waals surface area contributed by atoms with Crippen molar-refractivity contribution in [3.05, 3.63) is 24.3 Å². The molecular weight excluding hydrogens is 304 g/mol. The van der Waals surface area contributed by atoms with E-state index in [9.17, 15) is 9.90 Å². The summed E-state index contributed by atoms with van der Waals surface area (Å²) in [5.74, 6) is 0.0734. The minimum Gasteiger partial charge on any atom is -0.365 e. The van der Waals surface area contributed by atoms with Gasteiger partial charge < -0.3 is 9.90 Å². The molecule has 4 heteroatoms. The first-order valence-corrected chi connectivity index (χ1v) is 9.11. The van der Waals surface area contributed by atoms with Crippen molar-refractivity contribution in [2.45, 2.75) is 65.3 Å². The van der Waals surface area contributed by atoms with Crippen LogP contribution in [0.2, 0.25) is 0 Å². The Kier molecular flexibility index (Phi) is 4.75. The highest BCUT2D eigenvalue weighted by Gasteiger charge is 2.55. The van der Waals surface area contributed by atoms with E-state index in [1.165, 1.54) is 24.8 Å². The molecule has 1 aliphatic heterocycles. The van der Waals surface area contributed by atoms with Crippen LogP contribution in [0.1, 0.15) is 52.9 Å². The van der Waals surface area contributed by atoms with E-state index in [2.05, 4.69) is 27.4 Å². The van der Waals surface area contributed by atoms with E-state index >= 15 is 0 Å². The minimum atomic E-state index is -1.24. The number of carbonyl (C=O) groups excluding carboxylic acids is 1. The SMILES string of the molecule is C=C1CCC2C(C)(C)CCCC2(C)C1C1C=CC(C=O)C(O)OO1. The Morgan fingerprint density at radius 1 is 1.25 bits per heavy atom. The van der Waals surface area contributed by atoms with Crippen LogP contribution in [0.4, 0.5) is 0 Å². The maximum absolute atomic E-state index is 11.1. The summed E-state index contributed by atoms with van der Waals surface area (Å²) in [4.78, 5) is 21.8. The molecule has 0 spiro atoms. The molecule has 3 rings (SSSR count). The van der Waals surface area contributed by atoms with Crippen LogP contribution in [0.25, 0.3) is 0 Å². The second-order valence-electron chi connectivity index (χ2n) is 8.72. The zero-order chi connectivity index (χ0) is 17.5. The first kappa shape index (κ1) is 17.8. The van der Waals surface area contributed by atoms with E-state index in [0.717, 1.165) is 12.8 Å². The number of fused-ring (bicyclic) bond motifs is 1. The number of rotatable bonds is 2. The van der Waals surface area contributed by atoms with Crippen molar-refractivity contribution >= 4 is 6.29 Å². The maximum atomic E-state index is 11.1. The van der Waals surface area contributed by atoms with Crippen LogP contribution in [0.15, 0.2) is 24.3 Å². The van der Waals surface area contributed by atoms with Crippen molar-refractivity contribution in [2.75, 3.05) is 0 Å². The summed E-state index contributed by atoms with van der Waals surface area (Å²) in [6, 6.07) is 0. The molecule has 0 amide bonds. The predicted octanol–water partition coefficient (Wildman–Crippen LogP) is 3.81. The zero-order valence-corrected chi connectivity index (χ0v) is 15.0. The second-order valence-corrected chi connectivity index (χ2v) is 8.72. The van der Waals surface area contributed by atoms with Crippen molar-refractivity contribution in [3.63, 3.8) is 0 Å². The lowest BCUT2D eigenvalue weighted by Gasteiger charge is -2.58. The molecule has 134 valence electrons. The molecule has 4 nitrogen and oxygen atoms in total. The lowest BCUT2D eigenvalue weighted by Crippen LogP contribution is -2.52. The van der Waals surface area contributed by atoms with Gasteiger partial charge in [0.1, 0.15) is 12.4 Å². The van der Waals surface area contributed by atoms with Gasteiger partial charge >= 0.3 is 0 Å². The van der Waals surface area contributed by atoms with Gasteiger partial charge in [-0.05, 0) is 42.4 Å². The van der Waals surface area contributed by atoms with Crippen LogP contribution in [0, 0.1) is 28.6 Å². The number of aliphatic hydroxyl groups is 1. The molecule has 2 saturated carbocycles. The van der Waals surface area contributed by atoms with E-state index in [1.807, 2.05) is 6.08 Å². The Bertz CT molecular complexity index is 538. The van der Waals surface area contributed by atoms with E-state index in [1.54, 1.807) is 6.08 Å². The fourth-order valence-electron chi connectivity index (χ4n) is 5.65. The van der Waals surface area contributed by atoms with E-state index in [4.69, 9.17) is 9.78 Å². The highest BCUT2D eigenvalue weighted by molar-refractivity contribution is 5.57. The van der Waals surface area contributed by atoms with Crippen LogP contribution < -0.4 is 0 Å². The Morgan fingerprint density at radius 2 is 2.00 bits per heavy atom. The molecule has 0 aromatic rings. The Hall–Kier alpha value is -0.970. The molecule has 0 saturated heterocycles. The average Bonchev–Trinajstić information content (AvgIpc) is 2.68. The number of carbonyl (C=O) groups is 1. The van der Waals surface area contributed by atoms with Crippen molar-refractivity contribution in [3.8, 4) is 0 Å². The fraction of sp³-hybridized carbons (Fsp3) is 0.750. The number of hydrogen-bond donors (Lipinski definition) is 1. The van der Waals surface area contributed by atoms with Crippen molar-refractivity contribution in [1.82, 2.24) is 0 Å². The summed E-state index contributed by atoms with van der Waals surface area (Å²) >= 11 is 0. The van der Waals surface area contributed by atoms with Crippen molar-refractivity contribution in [1.29, 1.82) is 0 Å². The minimum absolute atomic E-state index is 0.0986. The molecular formula is C20H30O4. The number of hydrogen-bond acceptors (Lipinski definition) is 4.